The Bertz CT molecular complexity index is 289. The third-order valence-corrected chi connectivity index (χ3v) is 3.79. The van der Waals surface area contributed by atoms with Crippen LogP contribution >= 0.6 is 15.9 Å². The summed E-state index contributed by atoms with van der Waals surface area (Å²) < 4.78 is 5.27. The molecule has 2 N–H and O–H groups in total. The minimum absolute atomic E-state index is 0.0359. The summed E-state index contributed by atoms with van der Waals surface area (Å²) in [6.07, 6.45) is 1.45. The standard InChI is InChI=1S/C15H30BrNO3/c1-7-8-11(16)13(12(18)9-10(2)3)17-14(19)20-15(4,5)6/h10-13,18H,7-9H2,1-6H3,(H,17,19)/t11-,12-,13-/m0/s1. The summed E-state index contributed by atoms with van der Waals surface area (Å²) >= 11 is 3.57. The minimum Gasteiger partial charge on any atom is -0.444 e. The predicted octanol–water partition coefficient (Wildman–Crippen LogP) is 3.85. The molecular formula is C15H30BrNO3. The zero-order chi connectivity index (χ0) is 15.9. The van der Waals surface area contributed by atoms with Crippen LogP contribution in [0.5, 0.6) is 0 Å². The van der Waals surface area contributed by atoms with Crippen molar-refractivity contribution >= 4 is 22.0 Å². The molecular weight excluding hydrogens is 322 g/mol. The summed E-state index contributed by atoms with van der Waals surface area (Å²) in [5.41, 5.74) is -0.538. The molecule has 0 fully saturated rings. The molecule has 0 aromatic carbocycles. The minimum atomic E-state index is -0.585. The zero-order valence-corrected chi connectivity index (χ0v) is 15.2. The molecule has 20 heavy (non-hydrogen) atoms. The zero-order valence-electron chi connectivity index (χ0n) is 13.6. The van der Waals surface area contributed by atoms with Gasteiger partial charge >= 0.3 is 6.09 Å². The molecule has 0 bridgehead atoms. The average Bonchev–Trinajstić information content (AvgIpc) is 2.22. The van der Waals surface area contributed by atoms with Gasteiger partial charge in [-0.05, 0) is 39.5 Å². The summed E-state index contributed by atoms with van der Waals surface area (Å²) in [6, 6.07) is -0.341. The first-order valence-corrected chi connectivity index (χ1v) is 8.30. The predicted molar refractivity (Wildman–Crippen MR) is 86.2 cm³/mol. The summed E-state index contributed by atoms with van der Waals surface area (Å²) in [5.74, 6) is 0.370. The van der Waals surface area contributed by atoms with Crippen LogP contribution in [0.25, 0.3) is 0 Å². The van der Waals surface area contributed by atoms with Crippen molar-refractivity contribution in [3.63, 3.8) is 0 Å². The SMILES string of the molecule is CCC[C@H](Br)[C@H](NC(=O)OC(C)(C)C)[C@@H](O)CC(C)C. The molecule has 0 aliphatic carbocycles. The van der Waals surface area contributed by atoms with Gasteiger partial charge in [0.2, 0.25) is 0 Å². The largest absolute Gasteiger partial charge is 0.444 e. The van der Waals surface area contributed by atoms with E-state index >= 15 is 0 Å². The van der Waals surface area contributed by atoms with Crippen LogP contribution in [0.4, 0.5) is 4.79 Å². The second-order valence-corrected chi connectivity index (χ2v) is 7.85. The molecule has 0 aliphatic rings. The molecule has 5 heteroatoms. The second-order valence-electron chi connectivity index (χ2n) is 6.67. The molecule has 1 amide bonds. The number of carbonyl (C=O) groups is 1. The highest BCUT2D eigenvalue weighted by Gasteiger charge is 2.30. The van der Waals surface area contributed by atoms with E-state index in [2.05, 4.69) is 42.0 Å². The van der Waals surface area contributed by atoms with Crippen molar-refractivity contribution in [2.75, 3.05) is 0 Å². The molecule has 0 saturated heterocycles. The van der Waals surface area contributed by atoms with Gasteiger partial charge in [-0.1, -0.05) is 43.1 Å². The molecule has 0 saturated carbocycles. The van der Waals surface area contributed by atoms with Crippen LogP contribution in [0, 0.1) is 5.92 Å². The van der Waals surface area contributed by atoms with Gasteiger partial charge in [-0.25, -0.2) is 4.79 Å². The molecule has 4 nitrogen and oxygen atoms in total. The molecule has 0 heterocycles. The third kappa shape index (κ3) is 8.80. The molecule has 0 aliphatic heterocycles. The number of rotatable bonds is 7. The van der Waals surface area contributed by atoms with E-state index in [1.807, 2.05) is 20.8 Å². The Morgan fingerprint density at radius 2 is 1.90 bits per heavy atom. The quantitative estimate of drug-likeness (QED) is 0.684. The number of nitrogens with one attached hydrogen (secondary N) is 1. The molecule has 0 rings (SSSR count). The van der Waals surface area contributed by atoms with Gasteiger partial charge in [0, 0.05) is 4.83 Å². The summed E-state index contributed by atoms with van der Waals surface area (Å²) in [6.45, 7) is 11.7. The lowest BCUT2D eigenvalue weighted by molar-refractivity contribution is 0.0395. The number of hydrogen-bond donors (Lipinski definition) is 2. The number of aliphatic hydroxyl groups is 1. The van der Waals surface area contributed by atoms with Crippen molar-refractivity contribution in [3.8, 4) is 0 Å². The lowest BCUT2D eigenvalue weighted by atomic mass is 9.96. The number of ether oxygens (including phenoxy) is 1. The molecule has 0 aromatic rings. The van der Waals surface area contributed by atoms with Gasteiger partial charge in [0.05, 0.1) is 12.1 Å². The van der Waals surface area contributed by atoms with E-state index < -0.39 is 17.8 Å². The van der Waals surface area contributed by atoms with Crippen LogP contribution in [0.15, 0.2) is 0 Å². The van der Waals surface area contributed by atoms with Crippen molar-refractivity contribution in [3.05, 3.63) is 0 Å². The number of alkyl carbamates (subject to hydrolysis) is 1. The van der Waals surface area contributed by atoms with E-state index in [0.29, 0.717) is 12.3 Å². The normalized spacial score (nSPS) is 16.6. The van der Waals surface area contributed by atoms with E-state index in [1.165, 1.54) is 0 Å². The Balaban J connectivity index is 4.72. The number of hydrogen-bond acceptors (Lipinski definition) is 3. The number of aliphatic hydroxyl groups excluding tert-OH is 1. The van der Waals surface area contributed by atoms with E-state index in [9.17, 15) is 9.90 Å². The second kappa shape index (κ2) is 8.88. The lowest BCUT2D eigenvalue weighted by Crippen LogP contribution is -2.50. The fraction of sp³-hybridized carbons (Fsp3) is 0.933. The van der Waals surface area contributed by atoms with Gasteiger partial charge in [-0.2, -0.15) is 0 Å². The maximum Gasteiger partial charge on any atom is 0.407 e. The Kier molecular flexibility index (Phi) is 8.75. The van der Waals surface area contributed by atoms with Crippen molar-refractivity contribution < 1.29 is 14.6 Å². The number of halogens is 1. The highest BCUT2D eigenvalue weighted by Crippen LogP contribution is 2.20. The topological polar surface area (TPSA) is 58.6 Å². The fourth-order valence-corrected chi connectivity index (χ4v) is 2.90. The van der Waals surface area contributed by atoms with Crippen LogP contribution < -0.4 is 5.32 Å². The lowest BCUT2D eigenvalue weighted by Gasteiger charge is -2.30. The maximum absolute atomic E-state index is 11.9. The van der Waals surface area contributed by atoms with Gasteiger partial charge in [-0.3, -0.25) is 0 Å². The van der Waals surface area contributed by atoms with Crippen LogP contribution in [-0.4, -0.2) is 33.8 Å². The van der Waals surface area contributed by atoms with Crippen molar-refractivity contribution in [1.82, 2.24) is 5.32 Å². The molecule has 3 atom stereocenters. The van der Waals surface area contributed by atoms with Crippen LogP contribution in [0.3, 0.4) is 0 Å². The van der Waals surface area contributed by atoms with E-state index in [0.717, 1.165) is 12.8 Å². The molecule has 120 valence electrons. The molecule has 0 radical (unpaired) electrons. The van der Waals surface area contributed by atoms with Crippen LogP contribution in [-0.2, 0) is 4.74 Å². The van der Waals surface area contributed by atoms with Crippen molar-refractivity contribution in [1.29, 1.82) is 0 Å². The first kappa shape index (κ1) is 19.7. The number of amides is 1. The monoisotopic (exact) mass is 351 g/mol. The summed E-state index contributed by atoms with van der Waals surface area (Å²) in [4.78, 5) is 11.9. The van der Waals surface area contributed by atoms with E-state index in [4.69, 9.17) is 4.74 Å². The number of alkyl halides is 1. The smallest absolute Gasteiger partial charge is 0.407 e. The Hall–Kier alpha value is -0.290. The highest BCUT2D eigenvalue weighted by molar-refractivity contribution is 9.09. The van der Waals surface area contributed by atoms with Gasteiger partial charge in [0.15, 0.2) is 0 Å². The van der Waals surface area contributed by atoms with Crippen molar-refractivity contribution in [2.24, 2.45) is 5.92 Å². The first-order chi connectivity index (χ1) is 9.06. The van der Waals surface area contributed by atoms with E-state index in [-0.39, 0.29) is 10.9 Å². The van der Waals surface area contributed by atoms with Gasteiger partial charge in [0.1, 0.15) is 5.60 Å². The summed E-state index contributed by atoms with van der Waals surface area (Å²) in [7, 11) is 0. The molecule has 0 aromatic heterocycles. The van der Waals surface area contributed by atoms with Crippen molar-refractivity contribution in [2.45, 2.75) is 83.4 Å². The fourth-order valence-electron chi connectivity index (χ4n) is 1.96. The first-order valence-electron chi connectivity index (χ1n) is 7.38. The molecule has 0 unspecified atom stereocenters. The third-order valence-electron chi connectivity index (χ3n) is 2.76. The van der Waals surface area contributed by atoms with Gasteiger partial charge in [0.25, 0.3) is 0 Å². The summed E-state index contributed by atoms with van der Waals surface area (Å²) in [5, 5.41) is 13.1. The van der Waals surface area contributed by atoms with Crippen LogP contribution in [0.1, 0.15) is 60.8 Å². The van der Waals surface area contributed by atoms with Gasteiger partial charge in [-0.15, -0.1) is 0 Å². The Labute approximate surface area is 131 Å². The van der Waals surface area contributed by atoms with E-state index in [1.54, 1.807) is 0 Å². The van der Waals surface area contributed by atoms with Gasteiger partial charge < -0.3 is 15.2 Å². The Morgan fingerprint density at radius 1 is 1.35 bits per heavy atom. The average molecular weight is 352 g/mol. The number of carbonyl (C=O) groups excluding carboxylic acids is 1. The van der Waals surface area contributed by atoms with Crippen LogP contribution in [0.2, 0.25) is 0 Å². The Morgan fingerprint density at radius 3 is 2.30 bits per heavy atom. The maximum atomic E-state index is 11.9. The molecule has 0 spiro atoms. The highest BCUT2D eigenvalue weighted by atomic mass is 79.9.